The summed E-state index contributed by atoms with van der Waals surface area (Å²) in [4.78, 5) is 35.9. The van der Waals surface area contributed by atoms with Crippen molar-refractivity contribution in [2.45, 2.75) is 33.0 Å². The maximum absolute atomic E-state index is 12.5. The third-order valence-electron chi connectivity index (χ3n) is 6.47. The van der Waals surface area contributed by atoms with E-state index in [0.717, 1.165) is 27.6 Å². The summed E-state index contributed by atoms with van der Waals surface area (Å²) in [7, 11) is 3.85. The van der Waals surface area contributed by atoms with Crippen LogP contribution in [0.3, 0.4) is 0 Å². The van der Waals surface area contributed by atoms with E-state index >= 15 is 0 Å². The molecule has 1 amide bonds. The van der Waals surface area contributed by atoms with Crippen LogP contribution in [-0.4, -0.2) is 58.0 Å². The maximum atomic E-state index is 12.5. The van der Waals surface area contributed by atoms with E-state index in [1.54, 1.807) is 41.4 Å². The number of rotatable bonds is 11. The fourth-order valence-electron chi connectivity index (χ4n) is 4.48. The van der Waals surface area contributed by atoms with Gasteiger partial charge in [-0.15, -0.1) is 0 Å². The van der Waals surface area contributed by atoms with Crippen LogP contribution in [0.15, 0.2) is 73.3 Å². The van der Waals surface area contributed by atoms with Crippen LogP contribution in [0, 0.1) is 17.2 Å². The van der Waals surface area contributed by atoms with Crippen molar-refractivity contribution in [2.75, 3.05) is 26.0 Å². The zero-order valence-electron chi connectivity index (χ0n) is 24.2. The highest BCUT2D eigenvalue weighted by molar-refractivity contribution is 6.00. The molecule has 10 nitrogen and oxygen atoms in total. The average Bonchev–Trinajstić information content (AvgIpc) is 3.33. The molecule has 0 aliphatic rings. The van der Waals surface area contributed by atoms with E-state index in [9.17, 15) is 14.9 Å². The van der Waals surface area contributed by atoms with Crippen molar-refractivity contribution >= 4 is 28.6 Å². The number of pyridine rings is 2. The summed E-state index contributed by atoms with van der Waals surface area (Å²) in [6.07, 6.45) is 10.7. The van der Waals surface area contributed by atoms with Gasteiger partial charge in [0.15, 0.2) is 6.73 Å². The van der Waals surface area contributed by atoms with Gasteiger partial charge >= 0.3 is 5.97 Å². The molecule has 0 fully saturated rings. The number of carbonyl (C=O) groups excluding carboxylic acids is 2. The first-order valence-electron chi connectivity index (χ1n) is 13.6. The van der Waals surface area contributed by atoms with Crippen molar-refractivity contribution in [3.63, 3.8) is 0 Å². The Bertz CT molecular complexity index is 1650. The number of fused-ring (bicyclic) bond motifs is 1. The van der Waals surface area contributed by atoms with E-state index in [1.807, 2.05) is 63.3 Å². The van der Waals surface area contributed by atoms with Gasteiger partial charge in [-0.1, -0.05) is 32.1 Å². The summed E-state index contributed by atoms with van der Waals surface area (Å²) in [5.41, 5.74) is 10.9. The molecule has 4 rings (SSSR count). The molecule has 4 aromatic rings. The van der Waals surface area contributed by atoms with Gasteiger partial charge in [0.1, 0.15) is 11.7 Å². The normalized spacial score (nSPS) is 12.1. The molecule has 1 unspecified atom stereocenters. The summed E-state index contributed by atoms with van der Waals surface area (Å²) >= 11 is 0. The van der Waals surface area contributed by atoms with Crippen molar-refractivity contribution in [1.82, 2.24) is 19.4 Å². The fraction of sp³-hybridized carbons (Fsp3) is 0.281. The Morgan fingerprint density at radius 1 is 1.14 bits per heavy atom. The van der Waals surface area contributed by atoms with Crippen LogP contribution in [0.2, 0.25) is 0 Å². The minimum Gasteiger partial charge on any atom is -0.443 e. The van der Waals surface area contributed by atoms with Crippen molar-refractivity contribution in [1.29, 1.82) is 5.26 Å². The number of carbonyl (C=O) groups is 2. The van der Waals surface area contributed by atoms with Gasteiger partial charge in [0.25, 0.3) is 0 Å². The fourth-order valence-corrected chi connectivity index (χ4v) is 4.48. The van der Waals surface area contributed by atoms with E-state index in [-0.39, 0.29) is 18.6 Å². The molecular formula is C32H35N7O3. The number of esters is 1. The molecular weight excluding hydrogens is 530 g/mol. The molecule has 3 N–H and O–H groups in total. The number of amides is 1. The van der Waals surface area contributed by atoms with Gasteiger partial charge in [0, 0.05) is 53.3 Å². The Kier molecular flexibility index (Phi) is 9.81. The number of hydrogen-bond acceptors (Lipinski definition) is 8. The van der Waals surface area contributed by atoms with Crippen LogP contribution < -0.4 is 11.1 Å². The molecule has 1 atom stereocenters. The minimum atomic E-state index is -0.707. The Labute approximate surface area is 245 Å². The van der Waals surface area contributed by atoms with Crippen molar-refractivity contribution in [2.24, 2.45) is 11.7 Å². The average molecular weight is 566 g/mol. The van der Waals surface area contributed by atoms with Crippen molar-refractivity contribution < 1.29 is 14.3 Å². The van der Waals surface area contributed by atoms with Crippen LogP contribution in [0.4, 0.5) is 5.69 Å². The molecule has 0 aliphatic carbocycles. The molecule has 0 radical (unpaired) electrons. The van der Waals surface area contributed by atoms with Crippen LogP contribution in [0.5, 0.6) is 0 Å². The zero-order valence-corrected chi connectivity index (χ0v) is 24.2. The molecule has 0 spiro atoms. The number of benzene rings is 1. The molecule has 1 aromatic carbocycles. The summed E-state index contributed by atoms with van der Waals surface area (Å²) < 4.78 is 7.30. The lowest BCUT2D eigenvalue weighted by atomic mass is 10.0. The van der Waals surface area contributed by atoms with Crippen LogP contribution in [0.25, 0.3) is 33.3 Å². The molecule has 10 heteroatoms. The number of anilines is 1. The van der Waals surface area contributed by atoms with Crippen LogP contribution in [0.1, 0.15) is 25.8 Å². The Hall–Kier alpha value is -4.85. The van der Waals surface area contributed by atoms with Gasteiger partial charge in [0.05, 0.1) is 23.5 Å². The minimum absolute atomic E-state index is 0.0597. The zero-order chi connectivity index (χ0) is 30.2. The van der Waals surface area contributed by atoms with E-state index < -0.39 is 12.0 Å². The van der Waals surface area contributed by atoms with Gasteiger partial charge in [-0.3, -0.25) is 19.1 Å². The monoisotopic (exact) mass is 565 g/mol. The number of nitrogens with one attached hydrogen (secondary N) is 1. The summed E-state index contributed by atoms with van der Waals surface area (Å²) in [5.74, 6) is -0.458. The highest BCUT2D eigenvalue weighted by Crippen LogP contribution is 2.33. The standard InChI is InChI=1S/C32H35N7O3/c1-21(2)11-29(34)32(41)42-20-39-19-28(23-8-5-7-22(12-23)15-33)27-14-25(17-36-31(27)39)24-13-26(18-35-16-24)37-30(40)9-6-10-38(3)4/h5-9,12-14,16-19,21,29H,10-11,20,34H2,1-4H3,(H,37,40). The predicted molar refractivity (Wildman–Crippen MR) is 163 cm³/mol. The highest BCUT2D eigenvalue weighted by Gasteiger charge is 2.19. The van der Waals surface area contributed by atoms with E-state index in [1.165, 1.54) is 6.08 Å². The highest BCUT2D eigenvalue weighted by atomic mass is 16.5. The van der Waals surface area contributed by atoms with E-state index in [0.29, 0.717) is 29.9 Å². The first-order valence-corrected chi connectivity index (χ1v) is 13.6. The third kappa shape index (κ3) is 7.66. The summed E-state index contributed by atoms with van der Waals surface area (Å²) in [5, 5.41) is 13.1. The molecule has 42 heavy (non-hydrogen) atoms. The number of nitrogens with zero attached hydrogens (tertiary/aromatic N) is 5. The molecule has 3 aromatic heterocycles. The lowest BCUT2D eigenvalue weighted by Crippen LogP contribution is -2.33. The predicted octanol–water partition coefficient (Wildman–Crippen LogP) is 4.57. The Morgan fingerprint density at radius 2 is 1.93 bits per heavy atom. The molecule has 0 aliphatic heterocycles. The van der Waals surface area contributed by atoms with E-state index in [4.69, 9.17) is 15.5 Å². The number of nitriles is 1. The number of nitrogens with two attached hydrogens (primary N) is 1. The largest absolute Gasteiger partial charge is 0.443 e. The summed E-state index contributed by atoms with van der Waals surface area (Å²) in [6, 6.07) is 12.6. The van der Waals surface area contributed by atoms with Gasteiger partial charge in [-0.2, -0.15) is 5.26 Å². The van der Waals surface area contributed by atoms with Crippen molar-refractivity contribution in [3.05, 3.63) is 78.9 Å². The number of hydrogen-bond donors (Lipinski definition) is 2. The lowest BCUT2D eigenvalue weighted by Gasteiger charge is -2.14. The third-order valence-corrected chi connectivity index (χ3v) is 6.47. The van der Waals surface area contributed by atoms with Gasteiger partial charge in [-0.25, -0.2) is 4.98 Å². The Balaban J connectivity index is 1.68. The van der Waals surface area contributed by atoms with E-state index in [2.05, 4.69) is 16.4 Å². The van der Waals surface area contributed by atoms with Crippen LogP contribution >= 0.6 is 0 Å². The first-order chi connectivity index (χ1) is 20.1. The molecule has 0 saturated heterocycles. The second kappa shape index (κ2) is 13.7. The molecule has 0 bridgehead atoms. The lowest BCUT2D eigenvalue weighted by molar-refractivity contribution is -0.149. The van der Waals surface area contributed by atoms with Gasteiger partial charge < -0.3 is 20.7 Å². The van der Waals surface area contributed by atoms with Crippen molar-refractivity contribution in [3.8, 4) is 28.3 Å². The summed E-state index contributed by atoms with van der Waals surface area (Å²) in [6.45, 7) is 4.59. The smallest absolute Gasteiger partial charge is 0.324 e. The number of aromatic nitrogens is 3. The SMILES string of the molecule is CC(C)CC(N)C(=O)OCn1cc(-c2cccc(C#N)c2)c2cc(-c3cncc(NC(=O)C=CCN(C)C)c3)cnc21. The Morgan fingerprint density at radius 3 is 2.67 bits per heavy atom. The molecule has 3 heterocycles. The quantitative estimate of drug-likeness (QED) is 0.199. The molecule has 0 saturated carbocycles. The second-order valence-electron chi connectivity index (χ2n) is 10.7. The van der Waals surface area contributed by atoms with Gasteiger partial charge in [-0.05, 0) is 56.3 Å². The first kappa shape index (κ1) is 30.1. The number of ether oxygens (including phenoxy) is 1. The topological polar surface area (TPSA) is 139 Å². The molecule has 216 valence electrons. The van der Waals surface area contributed by atoms with Gasteiger partial charge in [0.2, 0.25) is 5.91 Å². The van der Waals surface area contributed by atoms with Crippen LogP contribution in [-0.2, 0) is 21.1 Å². The second-order valence-corrected chi connectivity index (χ2v) is 10.7. The maximum Gasteiger partial charge on any atom is 0.324 e. The number of likely N-dealkylation sites (N-methyl/N-ethyl adjacent to an activating group) is 1.